The van der Waals surface area contributed by atoms with E-state index in [0.717, 1.165) is 16.7 Å². The van der Waals surface area contributed by atoms with Gasteiger partial charge in [0.1, 0.15) is 17.8 Å². The standard InChI is InChI=1S/C30H27F3N6O4S/c1-18-14-24(42-3)12-13-25(18)39-26(40)16-44-29(39)36-28(41)34-15-19(2)20-4-6-21(7-5-20)27-35-17-38(37-27)22-8-10-23(11-9-22)43-30(31,32)33/h4-14,17,19H,15-16H2,1-3H3,(H,34,41). The third kappa shape index (κ3) is 7.19. The number of nitrogens with zero attached hydrogens (tertiary/aromatic N) is 5. The van der Waals surface area contributed by atoms with Gasteiger partial charge in [-0.2, -0.15) is 4.99 Å². The molecule has 3 aromatic carbocycles. The molecule has 14 heteroatoms. The molecule has 0 spiro atoms. The highest BCUT2D eigenvalue weighted by Crippen LogP contribution is 2.31. The van der Waals surface area contributed by atoms with Gasteiger partial charge in [-0.05, 0) is 66.4 Å². The molecule has 1 aliphatic heterocycles. The Morgan fingerprint density at radius 3 is 2.45 bits per heavy atom. The number of hydrogen-bond acceptors (Lipinski definition) is 7. The zero-order valence-electron chi connectivity index (χ0n) is 23.8. The smallest absolute Gasteiger partial charge is 0.497 e. The number of halogens is 3. The Bertz CT molecular complexity index is 1690. The first kappa shape index (κ1) is 30.6. The van der Waals surface area contributed by atoms with Gasteiger partial charge in [-0.25, -0.2) is 14.5 Å². The van der Waals surface area contributed by atoms with Crippen molar-refractivity contribution in [3.8, 4) is 28.6 Å². The molecule has 2 heterocycles. The molecule has 1 saturated heterocycles. The van der Waals surface area contributed by atoms with E-state index in [9.17, 15) is 22.8 Å². The Morgan fingerprint density at radius 2 is 1.80 bits per heavy atom. The normalized spacial score (nSPS) is 15.0. The number of amides is 3. The fourth-order valence-electron chi connectivity index (χ4n) is 4.45. The lowest BCUT2D eigenvalue weighted by Gasteiger charge is -2.19. The van der Waals surface area contributed by atoms with Gasteiger partial charge in [0.2, 0.25) is 5.91 Å². The lowest BCUT2D eigenvalue weighted by Crippen LogP contribution is -2.32. The van der Waals surface area contributed by atoms with Crippen molar-refractivity contribution in [1.82, 2.24) is 20.1 Å². The molecule has 10 nitrogen and oxygen atoms in total. The molecule has 1 atom stereocenters. The van der Waals surface area contributed by atoms with Crippen LogP contribution in [-0.2, 0) is 4.79 Å². The van der Waals surface area contributed by atoms with E-state index in [2.05, 4.69) is 25.1 Å². The molecule has 0 aliphatic carbocycles. The first-order chi connectivity index (χ1) is 21.0. The number of carbonyl (C=O) groups excluding carboxylic acids is 2. The summed E-state index contributed by atoms with van der Waals surface area (Å²) in [5.41, 5.74) is 3.69. The van der Waals surface area contributed by atoms with E-state index in [0.29, 0.717) is 34.7 Å². The highest BCUT2D eigenvalue weighted by Gasteiger charge is 2.32. The summed E-state index contributed by atoms with van der Waals surface area (Å²) in [6.45, 7) is 4.14. The quantitative estimate of drug-likeness (QED) is 0.252. The maximum atomic E-state index is 12.7. The summed E-state index contributed by atoms with van der Waals surface area (Å²) in [5.74, 6) is 0.764. The van der Waals surface area contributed by atoms with Crippen LogP contribution in [0.15, 0.2) is 78.0 Å². The summed E-state index contributed by atoms with van der Waals surface area (Å²) < 4.78 is 47.8. The topological polar surface area (TPSA) is 111 Å². The number of nitrogens with one attached hydrogen (secondary N) is 1. The van der Waals surface area contributed by atoms with Crippen LogP contribution in [-0.4, -0.2) is 57.6 Å². The Balaban J connectivity index is 1.19. The Kier molecular flexibility index (Phi) is 8.90. The molecule has 228 valence electrons. The first-order valence-corrected chi connectivity index (χ1v) is 14.3. The van der Waals surface area contributed by atoms with E-state index >= 15 is 0 Å². The summed E-state index contributed by atoms with van der Waals surface area (Å²) in [7, 11) is 1.57. The minimum atomic E-state index is -4.76. The molecule has 0 saturated carbocycles. The van der Waals surface area contributed by atoms with Crippen LogP contribution in [0.3, 0.4) is 0 Å². The summed E-state index contributed by atoms with van der Waals surface area (Å²) in [4.78, 5) is 35.2. The Labute approximate surface area is 254 Å². The average molecular weight is 625 g/mol. The second-order valence-corrected chi connectivity index (χ2v) is 10.8. The molecule has 1 aromatic heterocycles. The molecule has 4 aromatic rings. The molecular weight excluding hydrogens is 597 g/mol. The number of alkyl halides is 3. The van der Waals surface area contributed by atoms with E-state index in [-0.39, 0.29) is 23.3 Å². The molecule has 44 heavy (non-hydrogen) atoms. The van der Waals surface area contributed by atoms with E-state index < -0.39 is 12.4 Å². The number of ether oxygens (including phenoxy) is 2. The predicted octanol–water partition coefficient (Wildman–Crippen LogP) is 6.10. The zero-order chi connectivity index (χ0) is 31.4. The van der Waals surface area contributed by atoms with Gasteiger partial charge in [-0.15, -0.1) is 18.3 Å². The van der Waals surface area contributed by atoms with Crippen molar-refractivity contribution in [1.29, 1.82) is 0 Å². The van der Waals surface area contributed by atoms with Crippen molar-refractivity contribution >= 4 is 34.6 Å². The van der Waals surface area contributed by atoms with E-state index in [1.165, 1.54) is 51.9 Å². The monoisotopic (exact) mass is 624 g/mol. The molecule has 1 N–H and O–H groups in total. The van der Waals surface area contributed by atoms with E-state index in [4.69, 9.17) is 4.74 Å². The van der Waals surface area contributed by atoms with Gasteiger partial charge in [0.05, 0.1) is 24.2 Å². The first-order valence-electron chi connectivity index (χ1n) is 13.4. The van der Waals surface area contributed by atoms with Gasteiger partial charge in [0.15, 0.2) is 11.0 Å². The number of urea groups is 1. The fourth-order valence-corrected chi connectivity index (χ4v) is 5.31. The van der Waals surface area contributed by atoms with Crippen molar-refractivity contribution < 1.29 is 32.2 Å². The molecule has 1 unspecified atom stereocenters. The van der Waals surface area contributed by atoms with Gasteiger partial charge < -0.3 is 14.8 Å². The summed E-state index contributed by atoms with van der Waals surface area (Å²) >= 11 is 1.21. The van der Waals surface area contributed by atoms with Crippen molar-refractivity contribution in [3.05, 3.63) is 84.2 Å². The number of carbonyl (C=O) groups is 2. The zero-order valence-corrected chi connectivity index (χ0v) is 24.6. The second-order valence-electron chi connectivity index (χ2n) is 9.83. The number of benzene rings is 3. The number of thioether (sulfide) groups is 1. The number of hydrogen-bond donors (Lipinski definition) is 1. The summed E-state index contributed by atoms with van der Waals surface area (Å²) in [5, 5.41) is 7.55. The lowest BCUT2D eigenvalue weighted by atomic mass is 10.00. The van der Waals surface area contributed by atoms with Gasteiger partial charge in [0, 0.05) is 12.1 Å². The van der Waals surface area contributed by atoms with Gasteiger partial charge in [-0.1, -0.05) is 43.0 Å². The van der Waals surface area contributed by atoms with Gasteiger partial charge >= 0.3 is 12.4 Å². The highest BCUT2D eigenvalue weighted by atomic mass is 32.2. The van der Waals surface area contributed by atoms with E-state index in [1.54, 1.807) is 19.2 Å². The van der Waals surface area contributed by atoms with Crippen molar-refractivity contribution in [3.63, 3.8) is 0 Å². The van der Waals surface area contributed by atoms with Crippen LogP contribution in [0.25, 0.3) is 17.1 Å². The van der Waals surface area contributed by atoms with Gasteiger partial charge in [0.25, 0.3) is 0 Å². The van der Waals surface area contributed by atoms with Crippen molar-refractivity contribution in [2.45, 2.75) is 26.1 Å². The highest BCUT2D eigenvalue weighted by molar-refractivity contribution is 8.15. The van der Waals surface area contributed by atoms with Gasteiger partial charge in [-0.3, -0.25) is 9.69 Å². The number of aryl methyl sites for hydroxylation is 1. The molecular formula is C30H27F3N6O4S. The van der Waals surface area contributed by atoms with Crippen LogP contribution in [0.5, 0.6) is 11.5 Å². The number of anilines is 1. The Hall–Kier alpha value is -4.85. The third-order valence-corrected chi connectivity index (χ3v) is 7.65. The lowest BCUT2D eigenvalue weighted by molar-refractivity contribution is -0.274. The van der Waals surface area contributed by atoms with Crippen LogP contribution in [0.1, 0.15) is 24.0 Å². The molecule has 0 radical (unpaired) electrons. The number of methoxy groups -OCH3 is 1. The van der Waals surface area contributed by atoms with Crippen LogP contribution < -0.4 is 19.7 Å². The second kappa shape index (κ2) is 12.8. The number of aromatic nitrogens is 3. The van der Waals surface area contributed by atoms with Crippen molar-refractivity contribution in [2.24, 2.45) is 4.99 Å². The van der Waals surface area contributed by atoms with Crippen LogP contribution >= 0.6 is 11.8 Å². The molecule has 5 rings (SSSR count). The number of aliphatic imine (C=N–C) groups is 1. The average Bonchev–Trinajstić information content (AvgIpc) is 3.63. The largest absolute Gasteiger partial charge is 0.573 e. The SMILES string of the molecule is COc1ccc(N2C(=O)CSC2=NC(=O)NCC(C)c2ccc(-c3ncn(-c4ccc(OC(F)(F)F)cc4)n3)cc2)c(C)c1. The van der Waals surface area contributed by atoms with E-state index in [1.807, 2.05) is 44.2 Å². The molecule has 0 bridgehead atoms. The number of rotatable bonds is 8. The predicted molar refractivity (Wildman–Crippen MR) is 160 cm³/mol. The summed E-state index contributed by atoms with van der Waals surface area (Å²) in [6.07, 6.45) is -3.29. The fraction of sp³-hybridized carbons (Fsp3) is 0.233. The minimum absolute atomic E-state index is 0.0473. The number of amidine groups is 1. The van der Waals surface area contributed by atoms with Crippen LogP contribution in [0, 0.1) is 6.92 Å². The molecule has 3 amide bonds. The van der Waals surface area contributed by atoms with Crippen molar-refractivity contribution in [2.75, 3.05) is 24.3 Å². The minimum Gasteiger partial charge on any atom is -0.497 e. The summed E-state index contributed by atoms with van der Waals surface area (Å²) in [6, 6.07) is 17.6. The van der Waals surface area contributed by atoms with Crippen LogP contribution in [0.2, 0.25) is 0 Å². The maximum absolute atomic E-state index is 12.7. The molecule has 1 aliphatic rings. The van der Waals surface area contributed by atoms with Crippen LogP contribution in [0.4, 0.5) is 23.7 Å². The third-order valence-electron chi connectivity index (χ3n) is 6.73. The Morgan fingerprint density at radius 1 is 1.09 bits per heavy atom. The molecule has 1 fully saturated rings. The maximum Gasteiger partial charge on any atom is 0.573 e.